The molecule has 0 atom stereocenters. The number of rotatable bonds is 6. The lowest BCUT2D eigenvalue weighted by Gasteiger charge is -2.10. The summed E-state index contributed by atoms with van der Waals surface area (Å²) in [6.45, 7) is 0.491. The van der Waals surface area contributed by atoms with Gasteiger partial charge < -0.3 is 20.9 Å². The highest BCUT2D eigenvalue weighted by atomic mass is 16.5. The lowest BCUT2D eigenvalue weighted by molar-refractivity contribution is -0.117. The van der Waals surface area contributed by atoms with Gasteiger partial charge in [-0.25, -0.2) is 0 Å². The van der Waals surface area contributed by atoms with Crippen molar-refractivity contribution < 1.29 is 14.6 Å². The number of nitrogens with one attached hydrogen (secondary N) is 1. The monoisotopic (exact) mass is 286 g/mol. The van der Waals surface area contributed by atoms with Crippen LogP contribution in [-0.2, 0) is 17.8 Å². The van der Waals surface area contributed by atoms with Gasteiger partial charge in [-0.1, -0.05) is 12.1 Å². The van der Waals surface area contributed by atoms with Crippen LogP contribution in [0.1, 0.15) is 11.1 Å². The van der Waals surface area contributed by atoms with E-state index in [4.69, 9.17) is 10.5 Å². The number of phenols is 1. The molecule has 0 aromatic heterocycles. The van der Waals surface area contributed by atoms with Crippen molar-refractivity contribution in [3.8, 4) is 11.5 Å². The molecular weight excluding hydrogens is 268 g/mol. The van der Waals surface area contributed by atoms with Gasteiger partial charge in [-0.15, -0.1) is 0 Å². The van der Waals surface area contributed by atoms with Crippen molar-refractivity contribution >= 4 is 11.6 Å². The number of methoxy groups -OCH3 is 1. The Balaban J connectivity index is 1.98. The van der Waals surface area contributed by atoms with Gasteiger partial charge in [0.05, 0.1) is 13.5 Å². The van der Waals surface area contributed by atoms with E-state index in [2.05, 4.69) is 5.32 Å². The maximum absolute atomic E-state index is 10.8. The van der Waals surface area contributed by atoms with Gasteiger partial charge in [0.2, 0.25) is 5.91 Å². The SMILES string of the molecule is COc1ccc(CNc2ccc(CC(N)=O)cc2)c(O)c1. The van der Waals surface area contributed by atoms with E-state index in [-0.39, 0.29) is 18.1 Å². The number of ether oxygens (including phenoxy) is 1. The molecule has 0 bridgehead atoms. The molecule has 5 nitrogen and oxygen atoms in total. The van der Waals surface area contributed by atoms with Gasteiger partial charge in [-0.2, -0.15) is 0 Å². The quantitative estimate of drug-likeness (QED) is 0.758. The van der Waals surface area contributed by atoms with Crippen LogP contribution in [0.3, 0.4) is 0 Å². The standard InChI is InChI=1S/C16H18N2O3/c1-21-14-7-4-12(15(19)9-14)10-18-13-5-2-11(3-6-13)8-16(17)20/h2-7,9,18-19H,8,10H2,1H3,(H2,17,20). The largest absolute Gasteiger partial charge is 0.507 e. The molecule has 21 heavy (non-hydrogen) atoms. The van der Waals surface area contributed by atoms with Crippen molar-refractivity contribution in [3.63, 3.8) is 0 Å². The Kier molecular flexibility index (Phi) is 4.66. The lowest BCUT2D eigenvalue weighted by Crippen LogP contribution is -2.13. The van der Waals surface area contributed by atoms with Crippen LogP contribution in [0.2, 0.25) is 0 Å². The Labute approximate surface area is 123 Å². The minimum absolute atomic E-state index is 0.187. The summed E-state index contributed by atoms with van der Waals surface area (Å²) in [5.41, 5.74) is 7.70. The molecule has 0 saturated heterocycles. The smallest absolute Gasteiger partial charge is 0.221 e. The molecule has 0 aliphatic carbocycles. The van der Waals surface area contributed by atoms with Gasteiger partial charge in [0.25, 0.3) is 0 Å². The fraction of sp³-hybridized carbons (Fsp3) is 0.188. The number of amides is 1. The number of nitrogens with two attached hydrogens (primary N) is 1. The fourth-order valence-corrected chi connectivity index (χ4v) is 1.96. The normalized spacial score (nSPS) is 10.1. The maximum atomic E-state index is 10.8. The summed E-state index contributed by atoms with van der Waals surface area (Å²) < 4.78 is 5.04. The van der Waals surface area contributed by atoms with Gasteiger partial charge >= 0.3 is 0 Å². The van der Waals surface area contributed by atoms with E-state index in [9.17, 15) is 9.90 Å². The first-order valence-corrected chi connectivity index (χ1v) is 6.55. The molecule has 0 heterocycles. The summed E-state index contributed by atoms with van der Waals surface area (Å²) in [5, 5.41) is 13.1. The zero-order valence-corrected chi connectivity index (χ0v) is 11.8. The molecule has 1 amide bonds. The number of primary amides is 1. The number of phenolic OH excluding ortho intramolecular Hbond substituents is 1. The zero-order valence-electron chi connectivity index (χ0n) is 11.8. The van der Waals surface area contributed by atoms with Crippen LogP contribution in [0, 0.1) is 0 Å². The van der Waals surface area contributed by atoms with E-state index in [1.54, 1.807) is 19.2 Å². The molecule has 5 heteroatoms. The molecule has 0 spiro atoms. The van der Waals surface area contributed by atoms with Crippen molar-refractivity contribution in [2.45, 2.75) is 13.0 Å². The highest BCUT2D eigenvalue weighted by Crippen LogP contribution is 2.24. The number of anilines is 1. The van der Waals surface area contributed by atoms with Gasteiger partial charge in [0.1, 0.15) is 11.5 Å². The second kappa shape index (κ2) is 6.65. The molecule has 0 aliphatic rings. The molecule has 0 saturated carbocycles. The van der Waals surface area contributed by atoms with Crippen LogP contribution < -0.4 is 15.8 Å². The van der Waals surface area contributed by atoms with Crippen LogP contribution >= 0.6 is 0 Å². The lowest BCUT2D eigenvalue weighted by atomic mass is 10.1. The maximum Gasteiger partial charge on any atom is 0.221 e. The Morgan fingerprint density at radius 2 is 1.95 bits per heavy atom. The Bertz CT molecular complexity index is 624. The van der Waals surface area contributed by atoms with Crippen LogP contribution in [0.25, 0.3) is 0 Å². The molecule has 4 N–H and O–H groups in total. The minimum Gasteiger partial charge on any atom is -0.507 e. The Hall–Kier alpha value is -2.69. The Morgan fingerprint density at radius 1 is 1.24 bits per heavy atom. The van der Waals surface area contributed by atoms with E-state index in [1.807, 2.05) is 30.3 Å². The molecular formula is C16H18N2O3. The highest BCUT2D eigenvalue weighted by Gasteiger charge is 2.03. The van der Waals surface area contributed by atoms with Crippen molar-refractivity contribution in [1.29, 1.82) is 0 Å². The summed E-state index contributed by atoms with van der Waals surface area (Å²) in [4.78, 5) is 10.8. The van der Waals surface area contributed by atoms with Crippen LogP contribution in [0.5, 0.6) is 11.5 Å². The first-order chi connectivity index (χ1) is 10.1. The molecule has 0 aliphatic heterocycles. The molecule has 0 unspecified atom stereocenters. The summed E-state index contributed by atoms with van der Waals surface area (Å²) in [6, 6.07) is 12.6. The average molecular weight is 286 g/mol. The first kappa shape index (κ1) is 14.7. The number of aromatic hydroxyl groups is 1. The number of hydrogen-bond acceptors (Lipinski definition) is 4. The number of carbonyl (C=O) groups is 1. The van der Waals surface area contributed by atoms with E-state index >= 15 is 0 Å². The van der Waals surface area contributed by atoms with Crippen molar-refractivity contribution in [3.05, 3.63) is 53.6 Å². The van der Waals surface area contributed by atoms with Gasteiger partial charge in [-0.3, -0.25) is 4.79 Å². The van der Waals surface area contributed by atoms with Crippen molar-refractivity contribution in [1.82, 2.24) is 0 Å². The zero-order chi connectivity index (χ0) is 15.2. The molecule has 2 rings (SSSR count). The molecule has 2 aromatic carbocycles. The summed E-state index contributed by atoms with van der Waals surface area (Å²) in [5.74, 6) is 0.457. The van der Waals surface area contributed by atoms with Gasteiger partial charge in [-0.05, 0) is 29.8 Å². The second-order valence-electron chi connectivity index (χ2n) is 4.69. The average Bonchev–Trinajstić information content (AvgIpc) is 2.47. The fourth-order valence-electron chi connectivity index (χ4n) is 1.96. The number of carbonyl (C=O) groups excluding carboxylic acids is 1. The van der Waals surface area contributed by atoms with Crippen LogP contribution in [0.4, 0.5) is 5.69 Å². The third kappa shape index (κ3) is 4.14. The van der Waals surface area contributed by atoms with Gasteiger partial charge in [0, 0.05) is 23.9 Å². The van der Waals surface area contributed by atoms with E-state index < -0.39 is 0 Å². The topological polar surface area (TPSA) is 84.6 Å². The summed E-state index contributed by atoms with van der Waals surface area (Å²) in [7, 11) is 1.56. The predicted octanol–water partition coefficient (Wildman–Crippen LogP) is 2.04. The second-order valence-corrected chi connectivity index (χ2v) is 4.69. The molecule has 0 fully saturated rings. The van der Waals surface area contributed by atoms with E-state index in [1.165, 1.54) is 0 Å². The summed E-state index contributed by atoms with van der Waals surface area (Å²) in [6.07, 6.45) is 0.236. The third-order valence-electron chi connectivity index (χ3n) is 3.11. The minimum atomic E-state index is -0.348. The van der Waals surface area contributed by atoms with Gasteiger partial charge in [0.15, 0.2) is 0 Å². The van der Waals surface area contributed by atoms with Crippen LogP contribution in [0.15, 0.2) is 42.5 Å². The van der Waals surface area contributed by atoms with Crippen molar-refractivity contribution in [2.24, 2.45) is 5.73 Å². The highest BCUT2D eigenvalue weighted by molar-refractivity contribution is 5.76. The molecule has 0 radical (unpaired) electrons. The molecule has 2 aromatic rings. The number of benzene rings is 2. The number of hydrogen-bond donors (Lipinski definition) is 3. The first-order valence-electron chi connectivity index (χ1n) is 6.55. The third-order valence-corrected chi connectivity index (χ3v) is 3.11. The predicted molar refractivity (Wildman–Crippen MR) is 81.3 cm³/mol. The van der Waals surface area contributed by atoms with E-state index in [0.717, 1.165) is 16.8 Å². The van der Waals surface area contributed by atoms with E-state index in [0.29, 0.717) is 12.3 Å². The molecule has 110 valence electrons. The summed E-state index contributed by atoms with van der Waals surface area (Å²) >= 11 is 0. The van der Waals surface area contributed by atoms with Crippen molar-refractivity contribution in [2.75, 3.05) is 12.4 Å². The Morgan fingerprint density at radius 3 is 2.52 bits per heavy atom. The van der Waals surface area contributed by atoms with Crippen LogP contribution in [-0.4, -0.2) is 18.1 Å².